The molecule has 0 spiro atoms. The minimum absolute atomic E-state index is 0.0472. The Morgan fingerprint density at radius 3 is 2.59 bits per heavy atom. The van der Waals surface area contributed by atoms with Gasteiger partial charge in [0.2, 0.25) is 0 Å². The summed E-state index contributed by atoms with van der Waals surface area (Å²) >= 11 is 1.35. The maximum absolute atomic E-state index is 13.0. The van der Waals surface area contributed by atoms with Gasteiger partial charge in [-0.05, 0) is 32.4 Å². The molecule has 0 unspecified atom stereocenters. The van der Waals surface area contributed by atoms with Gasteiger partial charge in [0.1, 0.15) is 5.60 Å². The minimum atomic E-state index is -1.22. The maximum Gasteiger partial charge on any atom is 0.251 e. The van der Waals surface area contributed by atoms with E-state index in [1.807, 2.05) is 13.8 Å². The van der Waals surface area contributed by atoms with Crippen LogP contribution in [0.1, 0.15) is 33.4 Å². The van der Waals surface area contributed by atoms with Crippen LogP contribution in [0, 0.1) is 19.7 Å². The molecule has 0 saturated heterocycles. The molecule has 0 bridgehead atoms. The topological polar surface area (TPSA) is 88.0 Å². The molecular formula is C19H19FN4O2S. The first-order valence-electron chi connectivity index (χ1n) is 8.27. The van der Waals surface area contributed by atoms with E-state index in [1.54, 1.807) is 30.6 Å². The van der Waals surface area contributed by atoms with Crippen LogP contribution in [0.5, 0.6) is 0 Å². The standard InChI is InChI=1S/C19H19FN4O2S/c1-11-4-5-13(17-21-7-14(20)8-22-17)6-15(11)18(25)23-9-19(3,26)16-12(2)24-10-27-16/h4-8,10,26H,9H2,1-3H3,(H,23,25)/t19-/m0/s1. The SMILES string of the molecule is Cc1ccc(-c2ncc(F)cn2)cc1C(=O)NC[C@](C)(O)c1scnc1C. The fourth-order valence-corrected chi connectivity index (χ4v) is 3.58. The van der Waals surface area contributed by atoms with Crippen molar-refractivity contribution in [2.75, 3.05) is 6.54 Å². The van der Waals surface area contributed by atoms with Gasteiger partial charge in [0.15, 0.2) is 11.6 Å². The van der Waals surface area contributed by atoms with Gasteiger partial charge in [-0.3, -0.25) is 4.79 Å². The van der Waals surface area contributed by atoms with Crippen LogP contribution < -0.4 is 5.32 Å². The molecule has 0 aliphatic rings. The van der Waals surface area contributed by atoms with Crippen LogP contribution in [0.25, 0.3) is 11.4 Å². The summed E-state index contributed by atoms with van der Waals surface area (Å²) in [4.78, 5) is 25.4. The van der Waals surface area contributed by atoms with Gasteiger partial charge in [-0.1, -0.05) is 12.1 Å². The van der Waals surface area contributed by atoms with Gasteiger partial charge in [-0.15, -0.1) is 11.3 Å². The minimum Gasteiger partial charge on any atom is -0.383 e. The highest BCUT2D eigenvalue weighted by atomic mass is 32.1. The third kappa shape index (κ3) is 4.17. The summed E-state index contributed by atoms with van der Waals surface area (Å²) in [6.07, 6.45) is 2.16. The Morgan fingerprint density at radius 1 is 1.26 bits per heavy atom. The second-order valence-corrected chi connectivity index (χ2v) is 7.33. The number of aliphatic hydroxyl groups is 1. The number of carbonyl (C=O) groups excluding carboxylic acids is 1. The summed E-state index contributed by atoms with van der Waals surface area (Å²) < 4.78 is 13.0. The third-order valence-corrected chi connectivity index (χ3v) is 5.37. The Hall–Kier alpha value is -2.71. The lowest BCUT2D eigenvalue weighted by Gasteiger charge is -2.23. The van der Waals surface area contributed by atoms with Crippen molar-refractivity contribution in [3.8, 4) is 11.4 Å². The molecule has 1 atom stereocenters. The molecule has 1 amide bonds. The van der Waals surface area contributed by atoms with Crippen LogP contribution in [-0.4, -0.2) is 32.5 Å². The Morgan fingerprint density at radius 2 is 1.96 bits per heavy atom. The predicted molar refractivity (Wildman–Crippen MR) is 101 cm³/mol. The number of nitrogens with zero attached hydrogens (tertiary/aromatic N) is 3. The van der Waals surface area contributed by atoms with Gasteiger partial charge in [0.05, 0.1) is 35.0 Å². The Bertz CT molecular complexity index is 970. The highest BCUT2D eigenvalue weighted by Gasteiger charge is 2.28. The van der Waals surface area contributed by atoms with Crippen LogP contribution in [0.2, 0.25) is 0 Å². The summed E-state index contributed by atoms with van der Waals surface area (Å²) in [5.41, 5.74) is 3.01. The highest BCUT2D eigenvalue weighted by Crippen LogP contribution is 2.27. The van der Waals surface area contributed by atoms with Crippen LogP contribution in [-0.2, 0) is 5.60 Å². The van der Waals surface area contributed by atoms with Crippen molar-refractivity contribution in [1.82, 2.24) is 20.3 Å². The maximum atomic E-state index is 13.0. The first-order chi connectivity index (χ1) is 12.8. The summed E-state index contributed by atoms with van der Waals surface area (Å²) in [7, 11) is 0. The van der Waals surface area contributed by atoms with Crippen LogP contribution in [0.3, 0.4) is 0 Å². The fourth-order valence-electron chi connectivity index (χ4n) is 2.71. The highest BCUT2D eigenvalue weighted by molar-refractivity contribution is 7.09. The van der Waals surface area contributed by atoms with E-state index in [9.17, 15) is 14.3 Å². The summed E-state index contributed by atoms with van der Waals surface area (Å²) in [5.74, 6) is -0.513. The smallest absolute Gasteiger partial charge is 0.251 e. The fraction of sp³-hybridized carbons (Fsp3) is 0.263. The average molecular weight is 386 g/mol. The molecule has 3 aromatic rings. The van der Waals surface area contributed by atoms with Gasteiger partial charge >= 0.3 is 0 Å². The lowest BCUT2D eigenvalue weighted by Crippen LogP contribution is -2.38. The number of carbonyl (C=O) groups is 1. The molecule has 0 aliphatic carbocycles. The van der Waals surface area contributed by atoms with E-state index in [4.69, 9.17) is 0 Å². The lowest BCUT2D eigenvalue weighted by molar-refractivity contribution is 0.0550. The Labute approximate surface area is 160 Å². The van der Waals surface area contributed by atoms with E-state index in [0.29, 0.717) is 21.8 Å². The molecule has 0 radical (unpaired) electrons. The third-order valence-electron chi connectivity index (χ3n) is 4.19. The molecule has 140 valence electrons. The average Bonchev–Trinajstić information content (AvgIpc) is 3.08. The molecule has 2 N–H and O–H groups in total. The molecule has 2 aromatic heterocycles. The quantitative estimate of drug-likeness (QED) is 0.704. The number of benzene rings is 1. The predicted octanol–water partition coefficient (Wildman–Crippen LogP) is 2.99. The number of aryl methyl sites for hydroxylation is 2. The number of hydrogen-bond donors (Lipinski definition) is 2. The van der Waals surface area contributed by atoms with E-state index in [2.05, 4.69) is 20.3 Å². The zero-order valence-corrected chi connectivity index (χ0v) is 16.0. The van der Waals surface area contributed by atoms with Crippen LogP contribution >= 0.6 is 11.3 Å². The number of rotatable bonds is 5. The van der Waals surface area contributed by atoms with E-state index < -0.39 is 11.4 Å². The van der Waals surface area contributed by atoms with E-state index in [0.717, 1.165) is 23.7 Å². The monoisotopic (exact) mass is 386 g/mol. The largest absolute Gasteiger partial charge is 0.383 e. The zero-order valence-electron chi connectivity index (χ0n) is 15.2. The second kappa shape index (κ2) is 7.50. The first-order valence-corrected chi connectivity index (χ1v) is 9.15. The Kier molecular flexibility index (Phi) is 5.29. The van der Waals surface area contributed by atoms with Crippen molar-refractivity contribution >= 4 is 17.2 Å². The van der Waals surface area contributed by atoms with Gasteiger partial charge in [0, 0.05) is 11.1 Å². The zero-order chi connectivity index (χ0) is 19.6. The molecule has 2 heterocycles. The summed E-state index contributed by atoms with van der Waals surface area (Å²) in [6.45, 7) is 5.32. The van der Waals surface area contributed by atoms with E-state index in [-0.39, 0.29) is 12.5 Å². The molecule has 1 aromatic carbocycles. The number of halogens is 1. The van der Waals surface area contributed by atoms with Crippen LogP contribution in [0.15, 0.2) is 36.1 Å². The molecule has 8 heteroatoms. The van der Waals surface area contributed by atoms with Crippen molar-refractivity contribution in [3.05, 3.63) is 63.6 Å². The molecular weight excluding hydrogens is 367 g/mol. The summed E-state index contributed by atoms with van der Waals surface area (Å²) in [5, 5.41) is 13.5. The number of amides is 1. The van der Waals surface area contributed by atoms with Crippen molar-refractivity contribution < 1.29 is 14.3 Å². The Balaban J connectivity index is 1.79. The van der Waals surface area contributed by atoms with E-state index in [1.165, 1.54) is 11.3 Å². The van der Waals surface area contributed by atoms with Gasteiger partial charge in [-0.25, -0.2) is 19.3 Å². The van der Waals surface area contributed by atoms with Crippen molar-refractivity contribution in [1.29, 1.82) is 0 Å². The molecule has 0 saturated carbocycles. The number of nitrogens with one attached hydrogen (secondary N) is 1. The molecule has 27 heavy (non-hydrogen) atoms. The van der Waals surface area contributed by atoms with Crippen molar-refractivity contribution in [3.63, 3.8) is 0 Å². The van der Waals surface area contributed by atoms with Gasteiger partial charge in [0.25, 0.3) is 5.91 Å². The van der Waals surface area contributed by atoms with Crippen molar-refractivity contribution in [2.24, 2.45) is 0 Å². The molecule has 0 aliphatic heterocycles. The first kappa shape index (κ1) is 19.1. The lowest BCUT2D eigenvalue weighted by atomic mass is 10.0. The number of hydrogen-bond acceptors (Lipinski definition) is 6. The van der Waals surface area contributed by atoms with Crippen molar-refractivity contribution in [2.45, 2.75) is 26.4 Å². The number of aromatic nitrogens is 3. The molecule has 0 fully saturated rings. The van der Waals surface area contributed by atoms with Gasteiger partial charge < -0.3 is 10.4 Å². The number of thiazole rings is 1. The second-order valence-electron chi connectivity index (χ2n) is 6.48. The molecule has 3 rings (SSSR count). The summed E-state index contributed by atoms with van der Waals surface area (Å²) in [6, 6.07) is 5.21. The normalized spacial score (nSPS) is 13.2. The van der Waals surface area contributed by atoms with Gasteiger partial charge in [-0.2, -0.15) is 0 Å². The molecule has 6 nitrogen and oxygen atoms in total. The van der Waals surface area contributed by atoms with Crippen LogP contribution in [0.4, 0.5) is 4.39 Å². The van der Waals surface area contributed by atoms with E-state index >= 15 is 0 Å².